The van der Waals surface area contributed by atoms with Crippen LogP contribution < -0.4 is 10.1 Å². The molecule has 1 fully saturated rings. The maximum absolute atomic E-state index is 14.2. The number of aromatic nitrogens is 2. The molecular weight excluding hydrogens is 489 g/mol. The summed E-state index contributed by atoms with van der Waals surface area (Å²) in [5.74, 6) is -2.22. The van der Waals surface area contributed by atoms with Gasteiger partial charge >= 0.3 is 5.97 Å². The molecule has 1 aliphatic rings. The van der Waals surface area contributed by atoms with E-state index >= 15 is 0 Å². The highest BCUT2D eigenvalue weighted by Gasteiger charge is 2.28. The number of benzene rings is 2. The van der Waals surface area contributed by atoms with Crippen LogP contribution in [0.25, 0.3) is 0 Å². The molecule has 4 rings (SSSR count). The molecule has 2 aromatic carbocycles. The highest BCUT2D eigenvalue weighted by Crippen LogP contribution is 2.24. The van der Waals surface area contributed by atoms with Gasteiger partial charge in [-0.2, -0.15) is 5.10 Å². The maximum atomic E-state index is 14.2. The zero-order valence-electron chi connectivity index (χ0n) is 19.5. The lowest BCUT2D eigenvalue weighted by atomic mass is 9.92. The average Bonchev–Trinajstić information content (AvgIpc) is 3.28. The van der Waals surface area contributed by atoms with Gasteiger partial charge in [0.2, 0.25) is 11.8 Å². The van der Waals surface area contributed by atoms with Crippen molar-refractivity contribution in [1.29, 1.82) is 0 Å². The van der Waals surface area contributed by atoms with Crippen molar-refractivity contribution in [2.45, 2.75) is 57.6 Å². The van der Waals surface area contributed by atoms with E-state index in [0.29, 0.717) is 6.61 Å². The summed E-state index contributed by atoms with van der Waals surface area (Å²) >= 11 is 5.81. The van der Waals surface area contributed by atoms with Crippen molar-refractivity contribution in [3.63, 3.8) is 0 Å². The summed E-state index contributed by atoms with van der Waals surface area (Å²) in [6, 6.07) is 15.4. The van der Waals surface area contributed by atoms with Gasteiger partial charge in [0.1, 0.15) is 19.0 Å². The number of carbonyl (C=O) groups is 2. The van der Waals surface area contributed by atoms with Crippen LogP contribution in [0.2, 0.25) is 5.02 Å². The van der Waals surface area contributed by atoms with Crippen molar-refractivity contribution in [1.82, 2.24) is 15.1 Å². The first-order valence-corrected chi connectivity index (χ1v) is 12.1. The zero-order chi connectivity index (χ0) is 25.5. The Morgan fingerprint density at radius 2 is 1.89 bits per heavy atom. The minimum absolute atomic E-state index is 0.0300. The Kier molecular flexibility index (Phi) is 8.56. The highest BCUT2D eigenvalue weighted by atomic mass is 35.5. The standard InChI is InChI=1S/C26H27ClFN3O5/c27-19-10-6-9-18(25(19)28)16-36-24-13-21(26(33)34)30-31(24)14-23(32)29-20-11-4-5-12-22(20)35-15-17-7-2-1-3-8-17/h1-3,6-10,13,20,22H,4-5,11-12,14-16H2,(H,29,32)(H,33,34). The number of carboxylic acid groups (broad SMARTS) is 1. The molecular formula is C26H27ClFN3O5. The molecule has 1 aromatic heterocycles. The third-order valence-corrected chi connectivity index (χ3v) is 6.31. The minimum Gasteiger partial charge on any atom is -0.476 e. The third-order valence-electron chi connectivity index (χ3n) is 6.02. The number of carbonyl (C=O) groups excluding carboxylic acids is 1. The summed E-state index contributed by atoms with van der Waals surface area (Å²) in [6.07, 6.45) is 3.48. The van der Waals surface area contributed by atoms with Crippen molar-refractivity contribution in [3.05, 3.63) is 82.3 Å². The fraction of sp³-hybridized carbons (Fsp3) is 0.346. The van der Waals surface area contributed by atoms with E-state index < -0.39 is 11.8 Å². The van der Waals surface area contributed by atoms with Crippen LogP contribution in [0.4, 0.5) is 4.39 Å². The first kappa shape index (κ1) is 25.7. The second-order valence-corrected chi connectivity index (χ2v) is 9.03. The molecule has 0 radical (unpaired) electrons. The Balaban J connectivity index is 1.40. The van der Waals surface area contributed by atoms with Crippen LogP contribution in [0.15, 0.2) is 54.6 Å². The monoisotopic (exact) mass is 515 g/mol. The Morgan fingerprint density at radius 3 is 2.67 bits per heavy atom. The smallest absolute Gasteiger partial charge is 0.356 e. The predicted octanol–water partition coefficient (Wildman–Crippen LogP) is 4.60. The normalized spacial score (nSPS) is 17.5. The summed E-state index contributed by atoms with van der Waals surface area (Å²) in [5.41, 5.74) is 0.965. The fourth-order valence-electron chi connectivity index (χ4n) is 4.17. The van der Waals surface area contributed by atoms with Gasteiger partial charge in [0, 0.05) is 11.6 Å². The molecule has 3 aromatic rings. The van der Waals surface area contributed by atoms with E-state index in [0.717, 1.165) is 35.9 Å². The van der Waals surface area contributed by atoms with Crippen LogP contribution >= 0.6 is 11.6 Å². The van der Waals surface area contributed by atoms with E-state index in [1.165, 1.54) is 18.2 Å². The molecule has 0 spiro atoms. The number of carboxylic acids is 1. The second kappa shape index (κ2) is 12.0. The molecule has 36 heavy (non-hydrogen) atoms. The number of halogens is 2. The van der Waals surface area contributed by atoms with Gasteiger partial charge in [-0.05, 0) is 24.5 Å². The number of ether oxygens (including phenoxy) is 2. The molecule has 1 heterocycles. The maximum Gasteiger partial charge on any atom is 0.356 e. The highest BCUT2D eigenvalue weighted by molar-refractivity contribution is 6.30. The second-order valence-electron chi connectivity index (χ2n) is 8.63. The lowest BCUT2D eigenvalue weighted by Gasteiger charge is -2.32. The van der Waals surface area contributed by atoms with Crippen LogP contribution in [-0.4, -0.2) is 38.9 Å². The summed E-state index contributed by atoms with van der Waals surface area (Å²) in [6.45, 7) is -0.0175. The topological polar surface area (TPSA) is 103 Å². The first-order valence-electron chi connectivity index (χ1n) is 11.7. The number of nitrogens with one attached hydrogen (secondary N) is 1. The molecule has 1 amide bonds. The van der Waals surface area contributed by atoms with Gasteiger partial charge < -0.3 is 19.9 Å². The lowest BCUT2D eigenvalue weighted by Crippen LogP contribution is -2.47. The van der Waals surface area contributed by atoms with E-state index in [4.69, 9.17) is 21.1 Å². The van der Waals surface area contributed by atoms with Gasteiger partial charge in [0.05, 0.1) is 23.8 Å². The first-order chi connectivity index (χ1) is 17.4. The SMILES string of the molecule is O=C(Cn1nc(C(=O)O)cc1OCc1cccc(Cl)c1F)NC1CCCCC1OCc1ccccc1. The number of rotatable bonds is 10. The summed E-state index contributed by atoms with van der Waals surface area (Å²) in [7, 11) is 0. The summed E-state index contributed by atoms with van der Waals surface area (Å²) in [5, 5.41) is 16.3. The number of hydrogen-bond acceptors (Lipinski definition) is 5. The van der Waals surface area contributed by atoms with Gasteiger partial charge in [-0.25, -0.2) is 13.9 Å². The molecule has 190 valence electrons. The molecule has 0 saturated heterocycles. The van der Waals surface area contributed by atoms with Gasteiger partial charge in [-0.1, -0.05) is 66.9 Å². The van der Waals surface area contributed by atoms with Gasteiger partial charge in [0.15, 0.2) is 5.69 Å². The zero-order valence-corrected chi connectivity index (χ0v) is 20.3. The van der Waals surface area contributed by atoms with Crippen molar-refractivity contribution >= 4 is 23.5 Å². The van der Waals surface area contributed by atoms with Crippen LogP contribution in [-0.2, 0) is 29.3 Å². The van der Waals surface area contributed by atoms with E-state index in [1.54, 1.807) is 6.07 Å². The van der Waals surface area contributed by atoms with E-state index in [1.807, 2.05) is 30.3 Å². The summed E-state index contributed by atoms with van der Waals surface area (Å²) in [4.78, 5) is 24.3. The fourth-order valence-corrected chi connectivity index (χ4v) is 4.37. The Hall–Kier alpha value is -3.43. The molecule has 8 nitrogen and oxygen atoms in total. The largest absolute Gasteiger partial charge is 0.476 e. The van der Waals surface area contributed by atoms with E-state index in [-0.39, 0.29) is 53.4 Å². The van der Waals surface area contributed by atoms with E-state index in [2.05, 4.69) is 10.4 Å². The number of aromatic carboxylic acids is 1. The number of amides is 1. The minimum atomic E-state index is -1.27. The van der Waals surface area contributed by atoms with Crippen molar-refractivity contribution in [2.24, 2.45) is 0 Å². The van der Waals surface area contributed by atoms with Crippen molar-refractivity contribution < 1.29 is 28.6 Å². The molecule has 2 N–H and O–H groups in total. The molecule has 10 heteroatoms. The molecule has 0 aliphatic heterocycles. The molecule has 1 aliphatic carbocycles. The summed E-state index contributed by atoms with van der Waals surface area (Å²) < 4.78 is 27.1. The molecule has 2 atom stereocenters. The number of hydrogen-bond donors (Lipinski definition) is 2. The molecule has 1 saturated carbocycles. The van der Waals surface area contributed by atoms with E-state index in [9.17, 15) is 19.1 Å². The number of nitrogens with zero attached hydrogens (tertiary/aromatic N) is 2. The van der Waals surface area contributed by atoms with Gasteiger partial charge in [-0.15, -0.1) is 0 Å². The van der Waals surface area contributed by atoms with Crippen LogP contribution in [0.5, 0.6) is 5.88 Å². The van der Waals surface area contributed by atoms with Gasteiger partial charge in [0.25, 0.3) is 0 Å². The quantitative estimate of drug-likeness (QED) is 0.409. The third kappa shape index (κ3) is 6.61. The predicted molar refractivity (Wildman–Crippen MR) is 130 cm³/mol. The average molecular weight is 516 g/mol. The van der Waals surface area contributed by atoms with Crippen LogP contribution in [0.3, 0.4) is 0 Å². The Morgan fingerprint density at radius 1 is 1.11 bits per heavy atom. The molecule has 0 bridgehead atoms. The van der Waals surface area contributed by atoms with Crippen molar-refractivity contribution in [3.8, 4) is 5.88 Å². The van der Waals surface area contributed by atoms with Gasteiger partial charge in [-0.3, -0.25) is 4.79 Å². The van der Waals surface area contributed by atoms with Crippen molar-refractivity contribution in [2.75, 3.05) is 0 Å². The lowest BCUT2D eigenvalue weighted by molar-refractivity contribution is -0.124. The van der Waals surface area contributed by atoms with Crippen LogP contribution in [0.1, 0.15) is 47.3 Å². The van der Waals surface area contributed by atoms with Crippen LogP contribution in [0, 0.1) is 5.82 Å². The molecule has 2 unspecified atom stereocenters. The Bertz CT molecular complexity index is 1200. The Labute approximate surface area is 213 Å².